The predicted molar refractivity (Wildman–Crippen MR) is 274 cm³/mol. The Bertz CT molecular complexity index is 3500. The van der Waals surface area contributed by atoms with Crippen LogP contribution in [0.15, 0.2) is 126 Å². The normalized spacial score (nSPS) is 16.1. The van der Waals surface area contributed by atoms with Gasteiger partial charge >= 0.3 is 6.85 Å². The summed E-state index contributed by atoms with van der Waals surface area (Å²) in [5.74, 6) is 0. The number of para-hydroxylation sites is 1. The van der Waals surface area contributed by atoms with E-state index in [-0.39, 0.29) is 33.9 Å². The number of benzene rings is 7. The fourth-order valence-corrected chi connectivity index (χ4v) is 12.1. The highest BCUT2D eigenvalue weighted by Gasteiger charge is 2.49. The Morgan fingerprint density at radius 3 is 1.75 bits per heavy atom. The van der Waals surface area contributed by atoms with Crippen molar-refractivity contribution >= 4 is 72.9 Å². The van der Waals surface area contributed by atoms with Crippen molar-refractivity contribution in [2.24, 2.45) is 0 Å². The van der Waals surface area contributed by atoms with Gasteiger partial charge in [0.2, 0.25) is 0 Å². The van der Waals surface area contributed by atoms with Crippen LogP contribution < -0.4 is 15.7 Å². The Kier molecular flexibility index (Phi) is 7.68. The maximum absolute atomic E-state index is 7.37. The highest BCUT2D eigenvalue weighted by Crippen LogP contribution is 2.56. The van der Waals surface area contributed by atoms with Crippen LogP contribution in [-0.4, -0.2) is 11.4 Å². The molecule has 9 aromatic rings. The van der Waals surface area contributed by atoms with Crippen LogP contribution in [-0.2, 0) is 27.1 Å². The van der Waals surface area contributed by atoms with E-state index in [1.807, 2.05) is 0 Å². The first-order valence-corrected chi connectivity index (χ1v) is 23.5. The molecule has 0 saturated carbocycles. The maximum atomic E-state index is 7.37. The van der Waals surface area contributed by atoms with Crippen molar-refractivity contribution in [1.29, 1.82) is 0 Å². The van der Waals surface area contributed by atoms with Gasteiger partial charge < -0.3 is 13.8 Å². The minimum absolute atomic E-state index is 0.0239. The van der Waals surface area contributed by atoms with Crippen molar-refractivity contribution in [3.63, 3.8) is 0 Å². The SMILES string of the molecule is CC(C)(C)c1ccc(N2B3c4cc(C(C)(C)C)ccc4-n4c5ccc(C(C)(C)C)cc5c5c6c(oc7ccccc76)c(c3c54)-c3cc4c(cc32)C(C)(C)c2ccccc2C4(C)C)cc1. The average molecular weight is 835 g/mol. The van der Waals surface area contributed by atoms with Crippen molar-refractivity contribution in [3.05, 3.63) is 160 Å². The second-order valence-corrected chi connectivity index (χ2v) is 23.4. The summed E-state index contributed by atoms with van der Waals surface area (Å²) >= 11 is 0. The minimum Gasteiger partial charge on any atom is -0.455 e. The van der Waals surface area contributed by atoms with Crippen LogP contribution in [0.5, 0.6) is 0 Å². The van der Waals surface area contributed by atoms with Gasteiger partial charge in [-0.2, -0.15) is 0 Å². The summed E-state index contributed by atoms with van der Waals surface area (Å²) < 4.78 is 10.00. The molecular formula is C60H59BN2O. The summed E-state index contributed by atoms with van der Waals surface area (Å²) in [5.41, 5.74) is 22.3. The van der Waals surface area contributed by atoms with Gasteiger partial charge in [-0.1, -0.05) is 163 Å². The van der Waals surface area contributed by atoms with E-state index in [1.165, 1.54) is 111 Å². The molecule has 4 heteroatoms. The van der Waals surface area contributed by atoms with Gasteiger partial charge in [0.1, 0.15) is 11.2 Å². The number of rotatable bonds is 1. The summed E-state index contributed by atoms with van der Waals surface area (Å²) in [4.78, 5) is 2.72. The molecular weight excluding hydrogens is 775 g/mol. The minimum atomic E-state index is -0.229. The van der Waals surface area contributed by atoms with E-state index < -0.39 is 0 Å². The number of furan rings is 1. The lowest BCUT2D eigenvalue weighted by molar-refractivity contribution is 0.521. The Morgan fingerprint density at radius 2 is 1.09 bits per heavy atom. The van der Waals surface area contributed by atoms with Crippen LogP contribution in [0.1, 0.15) is 129 Å². The van der Waals surface area contributed by atoms with Gasteiger partial charge in [0.25, 0.3) is 0 Å². The third-order valence-corrected chi connectivity index (χ3v) is 15.7. The van der Waals surface area contributed by atoms with Gasteiger partial charge in [-0.05, 0) is 115 Å². The summed E-state index contributed by atoms with van der Waals surface area (Å²) in [5, 5.41) is 4.95. The number of aromatic nitrogens is 1. The molecule has 2 aromatic heterocycles. The topological polar surface area (TPSA) is 21.3 Å². The van der Waals surface area contributed by atoms with Crippen LogP contribution in [0, 0.1) is 0 Å². The van der Waals surface area contributed by atoms with Crippen LogP contribution in [0.3, 0.4) is 0 Å². The summed E-state index contributed by atoms with van der Waals surface area (Å²) in [6.45, 7) is 30.6. The number of nitrogens with zero attached hydrogens (tertiary/aromatic N) is 2. The van der Waals surface area contributed by atoms with Gasteiger partial charge in [-0.3, -0.25) is 0 Å². The van der Waals surface area contributed by atoms with Crippen molar-refractivity contribution in [2.45, 2.75) is 117 Å². The molecule has 12 rings (SSSR count). The molecule has 0 amide bonds. The van der Waals surface area contributed by atoms with E-state index in [0.717, 1.165) is 11.2 Å². The molecule has 7 aromatic carbocycles. The molecule has 3 aliphatic rings. The second-order valence-electron chi connectivity index (χ2n) is 23.4. The first kappa shape index (κ1) is 39.6. The Hall–Kier alpha value is -6.00. The fourth-order valence-electron chi connectivity index (χ4n) is 12.1. The molecule has 0 N–H and O–H groups in total. The molecule has 0 spiro atoms. The van der Waals surface area contributed by atoms with Crippen molar-refractivity contribution in [1.82, 2.24) is 4.57 Å². The predicted octanol–water partition coefficient (Wildman–Crippen LogP) is 14.8. The van der Waals surface area contributed by atoms with E-state index in [2.05, 4.69) is 221 Å². The van der Waals surface area contributed by atoms with Crippen LogP contribution in [0.25, 0.3) is 60.6 Å². The Labute approximate surface area is 379 Å². The number of anilines is 2. The first-order chi connectivity index (χ1) is 30.2. The maximum Gasteiger partial charge on any atom is 0.333 e. The quantitative estimate of drug-likeness (QED) is 0.154. The second kappa shape index (κ2) is 12.4. The van der Waals surface area contributed by atoms with Gasteiger partial charge in [0, 0.05) is 60.6 Å². The van der Waals surface area contributed by atoms with Gasteiger partial charge in [-0.15, -0.1) is 0 Å². The zero-order chi connectivity index (χ0) is 44.8. The summed E-state index contributed by atoms with van der Waals surface area (Å²) in [7, 11) is 0. The van der Waals surface area contributed by atoms with Gasteiger partial charge in [0.15, 0.2) is 0 Å². The molecule has 0 fully saturated rings. The molecule has 0 atom stereocenters. The molecule has 0 bridgehead atoms. The van der Waals surface area contributed by atoms with E-state index in [1.54, 1.807) is 0 Å². The van der Waals surface area contributed by atoms with E-state index in [9.17, 15) is 0 Å². The third-order valence-electron chi connectivity index (χ3n) is 15.7. The van der Waals surface area contributed by atoms with E-state index in [0.29, 0.717) is 0 Å². The lowest BCUT2D eigenvalue weighted by atomic mass is 9.43. The highest BCUT2D eigenvalue weighted by atomic mass is 16.3. The zero-order valence-corrected chi connectivity index (χ0v) is 39.9. The Balaban J connectivity index is 1.33. The van der Waals surface area contributed by atoms with Gasteiger partial charge in [0.05, 0.1) is 11.0 Å². The Morgan fingerprint density at radius 1 is 0.516 bits per heavy atom. The number of hydrogen-bond acceptors (Lipinski definition) is 2. The largest absolute Gasteiger partial charge is 0.455 e. The van der Waals surface area contributed by atoms with Crippen LogP contribution >= 0.6 is 0 Å². The first-order valence-electron chi connectivity index (χ1n) is 23.5. The summed E-state index contributed by atoms with van der Waals surface area (Å²) in [6, 6.07) is 47.2. The summed E-state index contributed by atoms with van der Waals surface area (Å²) in [6.07, 6.45) is 0. The molecule has 64 heavy (non-hydrogen) atoms. The molecule has 4 heterocycles. The van der Waals surface area contributed by atoms with Crippen LogP contribution in [0.2, 0.25) is 0 Å². The lowest BCUT2D eigenvalue weighted by Crippen LogP contribution is -2.61. The smallest absolute Gasteiger partial charge is 0.333 e. The third kappa shape index (κ3) is 5.12. The lowest BCUT2D eigenvalue weighted by Gasteiger charge is -2.47. The van der Waals surface area contributed by atoms with Crippen molar-refractivity contribution < 1.29 is 4.42 Å². The standard InChI is InChI=1S/C60H59BN2O/c1-56(2,3)34-22-26-37(27-23-34)63-48-33-44-43(59(10,11)41-19-15-16-20-42(41)60(44,12)13)32-40(48)52-53-54-50(51-38-18-14-17-21-49(38)64-55(51)52)39-30-35(57(4,5)6)24-28-46(39)62(54)47-29-25-36(58(7,8)9)31-45(47)61(53)63/h14-33H,1-13H3. The van der Waals surface area contributed by atoms with Crippen LogP contribution in [0.4, 0.5) is 11.4 Å². The van der Waals surface area contributed by atoms with Gasteiger partial charge in [-0.25, -0.2) is 0 Å². The molecule has 1 aliphatic carbocycles. The molecule has 0 saturated heterocycles. The zero-order valence-electron chi connectivity index (χ0n) is 39.9. The van der Waals surface area contributed by atoms with E-state index in [4.69, 9.17) is 4.42 Å². The molecule has 3 nitrogen and oxygen atoms in total. The van der Waals surface area contributed by atoms with Crippen molar-refractivity contribution in [2.75, 3.05) is 4.81 Å². The molecule has 318 valence electrons. The monoisotopic (exact) mass is 834 g/mol. The fraction of sp³-hybridized carbons (Fsp3) is 0.300. The van der Waals surface area contributed by atoms with Crippen molar-refractivity contribution in [3.8, 4) is 16.8 Å². The molecule has 0 unspecified atom stereocenters. The molecule has 2 aliphatic heterocycles. The van der Waals surface area contributed by atoms with E-state index >= 15 is 0 Å². The molecule has 0 radical (unpaired) electrons. The average Bonchev–Trinajstić information content (AvgIpc) is 3.80. The number of hydrogen-bond donors (Lipinski definition) is 0. The number of fused-ring (bicyclic) bond motifs is 15. The highest BCUT2D eigenvalue weighted by molar-refractivity contribution is 6.94.